The quantitative estimate of drug-likeness (QED) is 0.537. The van der Waals surface area contributed by atoms with Crippen molar-refractivity contribution in [3.63, 3.8) is 0 Å². The summed E-state index contributed by atoms with van der Waals surface area (Å²) in [6.45, 7) is 1.85. The van der Waals surface area contributed by atoms with Crippen LogP contribution < -0.4 is 0 Å². The van der Waals surface area contributed by atoms with E-state index in [1.54, 1.807) is 18.2 Å². The lowest BCUT2D eigenvalue weighted by Crippen LogP contribution is -2.10. The van der Waals surface area contributed by atoms with Crippen LogP contribution in [-0.2, 0) is 11.1 Å². The van der Waals surface area contributed by atoms with Gasteiger partial charge in [0.2, 0.25) is 0 Å². The predicted octanol–water partition coefficient (Wildman–Crippen LogP) is 1.06. The SMILES string of the molecule is Cc1cccc(C(=O)CS(=O)[O-])c1. The number of carbonyl (C=O) groups excluding carboxylic acids is 1. The molecule has 0 saturated carbocycles. The summed E-state index contributed by atoms with van der Waals surface area (Å²) in [6.07, 6.45) is 0. The van der Waals surface area contributed by atoms with Gasteiger partial charge in [0.1, 0.15) is 0 Å². The molecule has 13 heavy (non-hydrogen) atoms. The van der Waals surface area contributed by atoms with E-state index in [0.717, 1.165) is 5.56 Å². The van der Waals surface area contributed by atoms with Gasteiger partial charge in [-0.15, -0.1) is 0 Å². The number of hydrogen-bond donors (Lipinski definition) is 0. The molecule has 0 aliphatic heterocycles. The van der Waals surface area contributed by atoms with E-state index >= 15 is 0 Å². The van der Waals surface area contributed by atoms with Gasteiger partial charge in [0.15, 0.2) is 5.78 Å². The molecule has 1 atom stereocenters. The van der Waals surface area contributed by atoms with Crippen molar-refractivity contribution < 1.29 is 13.6 Å². The Kier molecular flexibility index (Phi) is 3.33. The van der Waals surface area contributed by atoms with Crippen LogP contribution in [0.15, 0.2) is 24.3 Å². The highest BCUT2D eigenvalue weighted by atomic mass is 32.2. The molecule has 0 aliphatic carbocycles. The molecule has 1 unspecified atom stereocenters. The number of rotatable bonds is 3. The third-order valence-electron chi connectivity index (χ3n) is 1.59. The van der Waals surface area contributed by atoms with Crippen LogP contribution in [0.4, 0.5) is 0 Å². The Balaban J connectivity index is 2.83. The monoisotopic (exact) mass is 197 g/mol. The van der Waals surface area contributed by atoms with Crippen LogP contribution in [-0.4, -0.2) is 20.3 Å². The number of benzene rings is 1. The van der Waals surface area contributed by atoms with Crippen LogP contribution in [0, 0.1) is 6.92 Å². The van der Waals surface area contributed by atoms with Crippen molar-refractivity contribution in [1.82, 2.24) is 0 Å². The van der Waals surface area contributed by atoms with E-state index in [2.05, 4.69) is 0 Å². The maximum atomic E-state index is 11.2. The predicted molar refractivity (Wildman–Crippen MR) is 49.3 cm³/mol. The molecule has 0 heterocycles. The molecule has 0 aliphatic rings. The van der Waals surface area contributed by atoms with Crippen molar-refractivity contribution in [3.8, 4) is 0 Å². The van der Waals surface area contributed by atoms with E-state index in [1.807, 2.05) is 13.0 Å². The summed E-state index contributed by atoms with van der Waals surface area (Å²) in [5, 5.41) is 0. The zero-order valence-corrected chi connectivity index (χ0v) is 7.97. The van der Waals surface area contributed by atoms with Gasteiger partial charge in [-0.1, -0.05) is 23.8 Å². The van der Waals surface area contributed by atoms with Gasteiger partial charge in [-0.2, -0.15) is 0 Å². The molecule has 70 valence electrons. The lowest BCUT2D eigenvalue weighted by Gasteiger charge is -2.04. The lowest BCUT2D eigenvalue weighted by atomic mass is 10.1. The molecule has 1 aromatic carbocycles. The fraction of sp³-hybridized carbons (Fsp3) is 0.222. The van der Waals surface area contributed by atoms with Crippen LogP contribution in [0.5, 0.6) is 0 Å². The van der Waals surface area contributed by atoms with Gasteiger partial charge < -0.3 is 4.55 Å². The van der Waals surface area contributed by atoms with Crippen molar-refractivity contribution in [2.24, 2.45) is 0 Å². The van der Waals surface area contributed by atoms with Gasteiger partial charge >= 0.3 is 0 Å². The highest BCUT2D eigenvalue weighted by Crippen LogP contribution is 2.05. The standard InChI is InChI=1S/C9H10O3S/c1-7-3-2-4-8(5-7)9(10)6-13(11)12/h2-5H,6H2,1H3,(H,11,12)/p-1. The van der Waals surface area contributed by atoms with Gasteiger partial charge in [-0.25, -0.2) is 0 Å². The molecular formula is C9H9O3S-. The minimum absolute atomic E-state index is 0.364. The maximum Gasteiger partial charge on any atom is 0.174 e. The first-order chi connectivity index (χ1) is 6.09. The molecule has 0 bridgehead atoms. The summed E-state index contributed by atoms with van der Waals surface area (Å²) in [7, 11) is 0. The molecular weight excluding hydrogens is 188 g/mol. The van der Waals surface area contributed by atoms with E-state index in [0.29, 0.717) is 5.56 Å². The lowest BCUT2D eigenvalue weighted by molar-refractivity contribution is 0.102. The molecule has 0 fully saturated rings. The second-order valence-electron chi connectivity index (χ2n) is 2.74. The van der Waals surface area contributed by atoms with Crippen molar-refractivity contribution in [2.45, 2.75) is 6.92 Å². The third kappa shape index (κ3) is 3.08. The van der Waals surface area contributed by atoms with Crippen molar-refractivity contribution in [2.75, 3.05) is 5.75 Å². The second-order valence-corrected chi connectivity index (χ2v) is 3.64. The number of Topliss-reactive ketones (excluding diaryl/α,β-unsaturated/α-hetero) is 1. The van der Waals surface area contributed by atoms with Crippen LogP contribution in [0.3, 0.4) is 0 Å². The van der Waals surface area contributed by atoms with E-state index in [1.165, 1.54) is 0 Å². The van der Waals surface area contributed by atoms with E-state index in [-0.39, 0.29) is 5.78 Å². The minimum Gasteiger partial charge on any atom is -0.772 e. The van der Waals surface area contributed by atoms with Crippen LogP contribution in [0.25, 0.3) is 0 Å². The van der Waals surface area contributed by atoms with Gasteiger partial charge in [0.25, 0.3) is 0 Å². The summed E-state index contributed by atoms with van der Waals surface area (Å²) in [5.74, 6) is -0.805. The van der Waals surface area contributed by atoms with Gasteiger partial charge in [0.05, 0.1) is 5.75 Å². The largest absolute Gasteiger partial charge is 0.772 e. The fourth-order valence-corrected chi connectivity index (χ4v) is 1.39. The molecule has 0 aromatic heterocycles. The summed E-state index contributed by atoms with van der Waals surface area (Å²) >= 11 is -2.30. The fourth-order valence-electron chi connectivity index (χ4n) is 1.01. The molecule has 0 N–H and O–H groups in total. The first-order valence-corrected chi connectivity index (χ1v) is 5.00. The average Bonchev–Trinajstić information content (AvgIpc) is 2.03. The molecule has 0 spiro atoms. The Morgan fingerprint density at radius 2 is 2.23 bits per heavy atom. The Bertz CT molecular complexity index is 346. The van der Waals surface area contributed by atoms with Crippen molar-refractivity contribution in [3.05, 3.63) is 35.4 Å². The van der Waals surface area contributed by atoms with E-state index in [4.69, 9.17) is 0 Å². The minimum atomic E-state index is -2.30. The Morgan fingerprint density at radius 1 is 1.54 bits per heavy atom. The van der Waals surface area contributed by atoms with Crippen molar-refractivity contribution >= 4 is 16.9 Å². The smallest absolute Gasteiger partial charge is 0.174 e. The summed E-state index contributed by atoms with van der Waals surface area (Å²) in [5.41, 5.74) is 1.40. The zero-order chi connectivity index (χ0) is 9.84. The van der Waals surface area contributed by atoms with E-state index < -0.39 is 16.8 Å². The van der Waals surface area contributed by atoms with Crippen LogP contribution >= 0.6 is 0 Å². The first kappa shape index (κ1) is 10.1. The molecule has 0 amide bonds. The van der Waals surface area contributed by atoms with Crippen molar-refractivity contribution in [1.29, 1.82) is 0 Å². The number of ketones is 1. The summed E-state index contributed by atoms with van der Waals surface area (Å²) in [4.78, 5) is 11.2. The Labute approximate surface area is 79.1 Å². The zero-order valence-electron chi connectivity index (χ0n) is 7.15. The highest BCUT2D eigenvalue weighted by molar-refractivity contribution is 7.79. The summed E-state index contributed by atoms with van der Waals surface area (Å²) in [6, 6.07) is 6.87. The number of aryl methyl sites for hydroxylation is 1. The van der Waals surface area contributed by atoms with Crippen LogP contribution in [0.2, 0.25) is 0 Å². The Hall–Kier alpha value is -1.00. The van der Waals surface area contributed by atoms with E-state index in [9.17, 15) is 13.6 Å². The Morgan fingerprint density at radius 3 is 2.77 bits per heavy atom. The average molecular weight is 197 g/mol. The molecule has 0 radical (unpaired) electrons. The normalized spacial score (nSPS) is 12.5. The molecule has 0 saturated heterocycles. The molecule has 1 aromatic rings. The van der Waals surface area contributed by atoms with Gasteiger partial charge in [0, 0.05) is 5.56 Å². The second kappa shape index (κ2) is 4.30. The molecule has 3 nitrogen and oxygen atoms in total. The molecule has 4 heteroatoms. The molecule has 1 rings (SSSR count). The van der Waals surface area contributed by atoms with Gasteiger partial charge in [-0.05, 0) is 24.1 Å². The first-order valence-electron chi connectivity index (χ1n) is 3.75. The number of carbonyl (C=O) groups is 1. The van der Waals surface area contributed by atoms with Crippen LogP contribution in [0.1, 0.15) is 15.9 Å². The third-order valence-corrected chi connectivity index (χ3v) is 2.09. The summed E-state index contributed by atoms with van der Waals surface area (Å²) < 4.78 is 20.5. The van der Waals surface area contributed by atoms with Gasteiger partial charge in [-0.3, -0.25) is 9.00 Å². The topological polar surface area (TPSA) is 57.2 Å². The number of hydrogen-bond acceptors (Lipinski definition) is 3. The highest BCUT2D eigenvalue weighted by Gasteiger charge is 2.04. The maximum absolute atomic E-state index is 11.2.